The molecule has 0 radical (unpaired) electrons. The van der Waals surface area contributed by atoms with Crippen LogP contribution in [0.15, 0.2) is 24.3 Å². The number of aryl methyl sites for hydroxylation is 1. The summed E-state index contributed by atoms with van der Waals surface area (Å²) in [5.41, 5.74) is 2.76. The van der Waals surface area contributed by atoms with Gasteiger partial charge >= 0.3 is 5.97 Å². The zero-order valence-electron chi connectivity index (χ0n) is 12.4. The van der Waals surface area contributed by atoms with E-state index in [1.165, 1.54) is 12.8 Å². The highest BCUT2D eigenvalue weighted by molar-refractivity contribution is 6.31. The van der Waals surface area contributed by atoms with Crippen molar-refractivity contribution in [2.24, 2.45) is 7.05 Å². The third-order valence-electron chi connectivity index (χ3n) is 4.04. The number of carboxylic acid groups (broad SMARTS) is 1. The molecule has 0 amide bonds. The van der Waals surface area contributed by atoms with Crippen LogP contribution in [-0.4, -0.2) is 38.8 Å². The van der Waals surface area contributed by atoms with E-state index in [2.05, 4.69) is 10.00 Å². The van der Waals surface area contributed by atoms with Crippen LogP contribution in [0.1, 0.15) is 28.9 Å². The summed E-state index contributed by atoms with van der Waals surface area (Å²) in [5, 5.41) is 13.7. The molecule has 1 fully saturated rings. The molecule has 1 aromatic carbocycles. The average molecular weight is 320 g/mol. The van der Waals surface area contributed by atoms with Gasteiger partial charge < -0.3 is 5.11 Å². The van der Waals surface area contributed by atoms with E-state index >= 15 is 0 Å². The molecule has 0 bridgehead atoms. The predicted molar refractivity (Wildman–Crippen MR) is 85.1 cm³/mol. The molecule has 0 unspecified atom stereocenters. The summed E-state index contributed by atoms with van der Waals surface area (Å²) >= 11 is 6.41. The first-order valence-corrected chi connectivity index (χ1v) is 7.71. The summed E-state index contributed by atoms with van der Waals surface area (Å²) in [6, 6.07) is 7.44. The summed E-state index contributed by atoms with van der Waals surface area (Å²) in [5.74, 6) is -1.03. The molecular formula is C16H18ClN3O2. The summed E-state index contributed by atoms with van der Waals surface area (Å²) < 4.78 is 1.56. The Labute approximate surface area is 134 Å². The largest absolute Gasteiger partial charge is 0.476 e. The number of aromatic carboxylic acids is 1. The molecule has 1 saturated heterocycles. The number of benzene rings is 1. The van der Waals surface area contributed by atoms with Gasteiger partial charge in [-0.05, 0) is 43.6 Å². The van der Waals surface area contributed by atoms with Crippen LogP contribution in [0.25, 0.3) is 11.3 Å². The molecule has 2 heterocycles. The molecule has 6 heteroatoms. The van der Waals surface area contributed by atoms with Crippen molar-refractivity contribution in [3.8, 4) is 11.3 Å². The fourth-order valence-electron chi connectivity index (χ4n) is 2.86. The molecule has 3 rings (SSSR count). The van der Waals surface area contributed by atoms with E-state index in [0.717, 1.165) is 36.5 Å². The van der Waals surface area contributed by atoms with Gasteiger partial charge in [0, 0.05) is 24.2 Å². The van der Waals surface area contributed by atoms with Gasteiger partial charge in [0.15, 0.2) is 5.69 Å². The third-order valence-corrected chi connectivity index (χ3v) is 4.39. The molecule has 2 aromatic rings. The lowest BCUT2D eigenvalue weighted by molar-refractivity contribution is 0.0689. The zero-order valence-corrected chi connectivity index (χ0v) is 13.2. The van der Waals surface area contributed by atoms with Crippen LogP contribution >= 0.6 is 11.6 Å². The Morgan fingerprint density at radius 1 is 1.32 bits per heavy atom. The molecule has 0 aliphatic carbocycles. The molecule has 1 aliphatic heterocycles. The topological polar surface area (TPSA) is 58.4 Å². The van der Waals surface area contributed by atoms with Crippen LogP contribution in [0.3, 0.4) is 0 Å². The fourth-order valence-corrected chi connectivity index (χ4v) is 3.10. The summed E-state index contributed by atoms with van der Waals surface area (Å²) in [7, 11) is 1.73. The van der Waals surface area contributed by atoms with E-state index in [9.17, 15) is 4.79 Å². The number of likely N-dealkylation sites (tertiary alicyclic amines) is 1. The van der Waals surface area contributed by atoms with E-state index < -0.39 is 5.97 Å². The summed E-state index contributed by atoms with van der Waals surface area (Å²) in [6.07, 6.45) is 2.51. The SMILES string of the molecule is Cn1nc(C(=O)O)cc1-c1ccc(CN2CCCC2)c(Cl)c1. The van der Waals surface area contributed by atoms with E-state index in [4.69, 9.17) is 16.7 Å². The van der Waals surface area contributed by atoms with Crippen LogP contribution in [0.2, 0.25) is 5.02 Å². The fraction of sp³-hybridized carbons (Fsp3) is 0.375. The van der Waals surface area contributed by atoms with Gasteiger partial charge in [-0.3, -0.25) is 9.58 Å². The highest BCUT2D eigenvalue weighted by Crippen LogP contribution is 2.27. The van der Waals surface area contributed by atoms with Gasteiger partial charge in [0.2, 0.25) is 0 Å². The Balaban J connectivity index is 1.86. The molecule has 0 atom stereocenters. The molecule has 5 nitrogen and oxygen atoms in total. The third kappa shape index (κ3) is 3.00. The number of carbonyl (C=O) groups is 1. The zero-order chi connectivity index (χ0) is 15.7. The molecule has 22 heavy (non-hydrogen) atoms. The monoisotopic (exact) mass is 319 g/mol. The van der Waals surface area contributed by atoms with Gasteiger partial charge in [0.05, 0.1) is 5.69 Å². The second kappa shape index (κ2) is 6.10. The highest BCUT2D eigenvalue weighted by Gasteiger charge is 2.16. The molecule has 1 aromatic heterocycles. The lowest BCUT2D eigenvalue weighted by atomic mass is 10.1. The predicted octanol–water partition coefficient (Wildman–Crippen LogP) is 3.03. The first-order chi connectivity index (χ1) is 10.5. The Kier molecular flexibility index (Phi) is 4.18. The molecule has 1 N–H and O–H groups in total. The number of rotatable bonds is 4. The van der Waals surface area contributed by atoms with Crippen molar-refractivity contribution in [3.05, 3.63) is 40.5 Å². The second-order valence-corrected chi connectivity index (χ2v) is 6.04. The smallest absolute Gasteiger partial charge is 0.356 e. The normalized spacial score (nSPS) is 15.4. The van der Waals surface area contributed by atoms with Crippen LogP contribution in [0.4, 0.5) is 0 Å². The second-order valence-electron chi connectivity index (χ2n) is 5.63. The Morgan fingerprint density at radius 3 is 2.64 bits per heavy atom. The number of carboxylic acids is 1. The van der Waals surface area contributed by atoms with Crippen LogP contribution < -0.4 is 0 Å². The van der Waals surface area contributed by atoms with Crippen molar-refractivity contribution in [2.45, 2.75) is 19.4 Å². The van der Waals surface area contributed by atoms with E-state index in [1.54, 1.807) is 17.8 Å². The van der Waals surface area contributed by atoms with Gasteiger partial charge in [-0.25, -0.2) is 4.79 Å². The summed E-state index contributed by atoms with van der Waals surface area (Å²) in [4.78, 5) is 13.4. The van der Waals surface area contributed by atoms with Gasteiger partial charge in [-0.1, -0.05) is 23.7 Å². The van der Waals surface area contributed by atoms with E-state index in [-0.39, 0.29) is 5.69 Å². The molecule has 1 aliphatic rings. The van der Waals surface area contributed by atoms with Gasteiger partial charge in [-0.15, -0.1) is 0 Å². The number of halogens is 1. The van der Waals surface area contributed by atoms with Crippen molar-refractivity contribution < 1.29 is 9.90 Å². The number of hydrogen-bond acceptors (Lipinski definition) is 3. The number of aromatic nitrogens is 2. The molecule has 116 valence electrons. The Bertz CT molecular complexity index is 705. The van der Waals surface area contributed by atoms with Crippen LogP contribution in [0, 0.1) is 0 Å². The van der Waals surface area contributed by atoms with Crippen LogP contribution in [-0.2, 0) is 13.6 Å². The number of nitrogens with zero attached hydrogens (tertiary/aromatic N) is 3. The maximum Gasteiger partial charge on any atom is 0.356 e. The van der Waals surface area contributed by atoms with Crippen LogP contribution in [0.5, 0.6) is 0 Å². The molecular weight excluding hydrogens is 302 g/mol. The lowest BCUT2D eigenvalue weighted by Crippen LogP contribution is -2.18. The first-order valence-electron chi connectivity index (χ1n) is 7.33. The summed E-state index contributed by atoms with van der Waals surface area (Å²) in [6.45, 7) is 3.12. The Morgan fingerprint density at radius 2 is 2.05 bits per heavy atom. The first kappa shape index (κ1) is 15.1. The van der Waals surface area contributed by atoms with Gasteiger partial charge in [0.1, 0.15) is 0 Å². The Hall–Kier alpha value is -1.85. The minimum Gasteiger partial charge on any atom is -0.476 e. The molecule has 0 spiro atoms. The maximum atomic E-state index is 11.0. The van der Waals surface area contributed by atoms with E-state index in [0.29, 0.717) is 5.02 Å². The van der Waals surface area contributed by atoms with Crippen molar-refractivity contribution >= 4 is 17.6 Å². The minimum absolute atomic E-state index is 0.0368. The van der Waals surface area contributed by atoms with Crippen molar-refractivity contribution in [2.75, 3.05) is 13.1 Å². The van der Waals surface area contributed by atoms with Crippen molar-refractivity contribution in [1.29, 1.82) is 0 Å². The maximum absolute atomic E-state index is 11.0. The van der Waals surface area contributed by atoms with Crippen molar-refractivity contribution in [1.82, 2.24) is 14.7 Å². The minimum atomic E-state index is -1.03. The number of hydrogen-bond donors (Lipinski definition) is 1. The lowest BCUT2D eigenvalue weighted by Gasteiger charge is -2.16. The van der Waals surface area contributed by atoms with Crippen molar-refractivity contribution in [3.63, 3.8) is 0 Å². The van der Waals surface area contributed by atoms with Gasteiger partial charge in [-0.2, -0.15) is 5.10 Å². The van der Waals surface area contributed by atoms with E-state index in [1.807, 2.05) is 18.2 Å². The standard InChI is InChI=1S/C16H18ClN3O2/c1-19-15(9-14(18-19)16(21)22)11-4-5-12(13(17)8-11)10-20-6-2-3-7-20/h4-5,8-9H,2-3,6-7,10H2,1H3,(H,21,22). The quantitative estimate of drug-likeness (QED) is 0.941. The molecule has 0 saturated carbocycles. The highest BCUT2D eigenvalue weighted by atomic mass is 35.5. The average Bonchev–Trinajstić information content (AvgIpc) is 3.10. The van der Waals surface area contributed by atoms with Gasteiger partial charge in [0.25, 0.3) is 0 Å².